The average molecular weight is 352 g/mol. The van der Waals surface area contributed by atoms with Crippen molar-refractivity contribution in [2.24, 2.45) is 0 Å². The number of carbonyl (C=O) groups is 1. The Morgan fingerprint density at radius 2 is 1.96 bits per heavy atom. The van der Waals surface area contributed by atoms with Gasteiger partial charge in [-0.15, -0.1) is 0 Å². The summed E-state index contributed by atoms with van der Waals surface area (Å²) in [5.41, 5.74) is 0.375. The Morgan fingerprint density at radius 1 is 1.22 bits per heavy atom. The third-order valence-electron chi connectivity index (χ3n) is 3.62. The van der Waals surface area contributed by atoms with E-state index in [1.165, 1.54) is 0 Å². The lowest BCUT2D eigenvalue weighted by molar-refractivity contribution is 0.0606. The van der Waals surface area contributed by atoms with Crippen LogP contribution < -0.4 is 14.8 Å². The first-order valence-corrected chi connectivity index (χ1v) is 7.94. The quantitative estimate of drug-likeness (QED) is 0.910. The molecule has 1 aliphatic heterocycles. The minimum absolute atomic E-state index is 0.248. The van der Waals surface area contributed by atoms with Gasteiger partial charge in [-0.3, -0.25) is 4.79 Å². The van der Waals surface area contributed by atoms with Crippen LogP contribution in [-0.4, -0.2) is 24.7 Å². The van der Waals surface area contributed by atoms with Crippen molar-refractivity contribution in [2.45, 2.75) is 19.1 Å². The van der Waals surface area contributed by atoms with Crippen LogP contribution in [0, 0.1) is 0 Å². The van der Waals surface area contributed by atoms with Gasteiger partial charge in [0, 0.05) is 5.02 Å². The van der Waals surface area contributed by atoms with E-state index >= 15 is 0 Å². The van der Waals surface area contributed by atoms with Crippen molar-refractivity contribution in [3.05, 3.63) is 58.1 Å². The van der Waals surface area contributed by atoms with Gasteiger partial charge in [0.15, 0.2) is 17.6 Å². The Balaban J connectivity index is 1.67. The predicted octanol–water partition coefficient (Wildman–Crippen LogP) is 3.95. The maximum atomic E-state index is 12.3. The highest BCUT2D eigenvalue weighted by atomic mass is 35.5. The van der Waals surface area contributed by atoms with Gasteiger partial charge in [0.2, 0.25) is 0 Å². The summed E-state index contributed by atoms with van der Waals surface area (Å²) < 4.78 is 11.6. The highest BCUT2D eigenvalue weighted by molar-refractivity contribution is 6.36. The molecule has 0 aliphatic carbocycles. The first-order valence-electron chi connectivity index (χ1n) is 7.19. The molecule has 3 rings (SSSR count). The van der Waals surface area contributed by atoms with Crippen LogP contribution in [0.5, 0.6) is 11.5 Å². The number of rotatable bonds is 3. The number of ether oxygens (including phenoxy) is 2. The molecule has 1 aliphatic rings. The highest BCUT2D eigenvalue weighted by Crippen LogP contribution is 2.31. The summed E-state index contributed by atoms with van der Waals surface area (Å²) in [5, 5.41) is 3.69. The molecule has 120 valence electrons. The number of fused-ring (bicyclic) bond motifs is 1. The van der Waals surface area contributed by atoms with Gasteiger partial charge in [0.1, 0.15) is 6.61 Å². The van der Waals surface area contributed by atoms with Crippen LogP contribution in [-0.2, 0) is 0 Å². The Morgan fingerprint density at radius 3 is 2.70 bits per heavy atom. The molecule has 4 nitrogen and oxygen atoms in total. The van der Waals surface area contributed by atoms with Gasteiger partial charge in [-0.1, -0.05) is 35.3 Å². The van der Waals surface area contributed by atoms with Crippen LogP contribution in [0.1, 0.15) is 17.3 Å². The van der Waals surface area contributed by atoms with Crippen LogP contribution in [0.15, 0.2) is 42.5 Å². The second-order valence-corrected chi connectivity index (χ2v) is 6.14. The van der Waals surface area contributed by atoms with Crippen molar-refractivity contribution in [1.82, 2.24) is 5.32 Å². The summed E-state index contributed by atoms with van der Waals surface area (Å²) in [6.45, 7) is 2.23. The molecule has 0 saturated carbocycles. The molecule has 0 spiro atoms. The second-order valence-electron chi connectivity index (χ2n) is 5.30. The number of halogens is 2. The van der Waals surface area contributed by atoms with Crippen LogP contribution in [0.25, 0.3) is 0 Å². The van der Waals surface area contributed by atoms with Crippen LogP contribution >= 0.6 is 23.2 Å². The number of benzene rings is 2. The largest absolute Gasteiger partial charge is 0.486 e. The van der Waals surface area contributed by atoms with E-state index in [9.17, 15) is 4.79 Å². The lowest BCUT2D eigenvalue weighted by atomic mass is 10.1. The minimum Gasteiger partial charge on any atom is -0.486 e. The van der Waals surface area contributed by atoms with Crippen molar-refractivity contribution >= 4 is 29.1 Å². The number of nitrogens with one attached hydrogen (secondary N) is 1. The SMILES string of the molecule is C[C@H](NC(=O)c1ccc(Cl)cc1Cl)[C@H]1COc2ccccc2O1. The van der Waals surface area contributed by atoms with Crippen molar-refractivity contribution in [2.75, 3.05) is 6.61 Å². The molecule has 0 fully saturated rings. The minimum atomic E-state index is -0.278. The summed E-state index contributed by atoms with van der Waals surface area (Å²) in [6, 6.07) is 12.0. The number of hydrogen-bond acceptors (Lipinski definition) is 3. The van der Waals surface area contributed by atoms with Gasteiger partial charge in [-0.2, -0.15) is 0 Å². The molecule has 0 saturated heterocycles. The van der Waals surface area contributed by atoms with E-state index in [0.717, 1.165) is 0 Å². The van der Waals surface area contributed by atoms with Gasteiger partial charge in [-0.25, -0.2) is 0 Å². The van der Waals surface area contributed by atoms with Crippen molar-refractivity contribution in [1.29, 1.82) is 0 Å². The molecule has 0 radical (unpaired) electrons. The van der Waals surface area contributed by atoms with E-state index in [1.54, 1.807) is 18.2 Å². The van der Waals surface area contributed by atoms with E-state index in [0.29, 0.717) is 33.7 Å². The maximum Gasteiger partial charge on any atom is 0.253 e. The fourth-order valence-electron chi connectivity index (χ4n) is 2.33. The van der Waals surface area contributed by atoms with E-state index in [1.807, 2.05) is 31.2 Å². The number of para-hydroxylation sites is 2. The molecule has 0 unspecified atom stereocenters. The summed E-state index contributed by atoms with van der Waals surface area (Å²) in [4.78, 5) is 12.3. The van der Waals surface area contributed by atoms with Crippen LogP contribution in [0.3, 0.4) is 0 Å². The van der Waals surface area contributed by atoms with Crippen LogP contribution in [0.2, 0.25) is 10.0 Å². The number of hydrogen-bond donors (Lipinski definition) is 1. The fourth-order valence-corrected chi connectivity index (χ4v) is 2.83. The third kappa shape index (κ3) is 3.54. The zero-order chi connectivity index (χ0) is 16.4. The molecule has 2 aromatic rings. The number of amides is 1. The van der Waals surface area contributed by atoms with Crippen molar-refractivity contribution < 1.29 is 14.3 Å². The fraction of sp³-hybridized carbons (Fsp3) is 0.235. The first kappa shape index (κ1) is 16.0. The summed E-state index contributed by atoms with van der Waals surface area (Å²) in [7, 11) is 0. The Hall–Kier alpha value is -1.91. The van der Waals surface area contributed by atoms with Gasteiger partial charge >= 0.3 is 0 Å². The topological polar surface area (TPSA) is 47.6 Å². The molecule has 0 bridgehead atoms. The standard InChI is InChI=1S/C17H15Cl2NO3/c1-10(16-9-22-14-4-2-3-5-15(14)23-16)20-17(21)12-7-6-11(18)8-13(12)19/h2-8,10,16H,9H2,1H3,(H,20,21)/t10-,16+/m0/s1. The molecule has 0 aromatic heterocycles. The van der Waals surface area contributed by atoms with Gasteiger partial charge in [-0.05, 0) is 37.3 Å². The summed E-state index contributed by atoms with van der Waals surface area (Å²) in [5.74, 6) is 1.11. The highest BCUT2D eigenvalue weighted by Gasteiger charge is 2.27. The maximum absolute atomic E-state index is 12.3. The first-order chi connectivity index (χ1) is 11.0. The lowest BCUT2D eigenvalue weighted by Crippen LogP contribution is -2.48. The summed E-state index contributed by atoms with van der Waals surface area (Å²) in [6.07, 6.45) is -0.278. The molecular weight excluding hydrogens is 337 g/mol. The second kappa shape index (κ2) is 6.69. The van der Waals surface area contributed by atoms with Gasteiger partial charge in [0.25, 0.3) is 5.91 Å². The smallest absolute Gasteiger partial charge is 0.253 e. The monoisotopic (exact) mass is 351 g/mol. The molecule has 2 aromatic carbocycles. The van der Waals surface area contributed by atoms with E-state index < -0.39 is 0 Å². The lowest BCUT2D eigenvalue weighted by Gasteiger charge is -2.30. The van der Waals surface area contributed by atoms with Gasteiger partial charge in [0.05, 0.1) is 16.6 Å². The zero-order valence-corrected chi connectivity index (χ0v) is 13.9. The van der Waals surface area contributed by atoms with Gasteiger partial charge < -0.3 is 14.8 Å². The normalized spacial score (nSPS) is 17.4. The average Bonchev–Trinajstić information content (AvgIpc) is 2.54. The predicted molar refractivity (Wildman–Crippen MR) is 89.7 cm³/mol. The van der Waals surface area contributed by atoms with E-state index in [2.05, 4.69) is 5.32 Å². The van der Waals surface area contributed by atoms with Crippen molar-refractivity contribution in [3.63, 3.8) is 0 Å². The Bertz CT molecular complexity index is 736. The summed E-state index contributed by atoms with van der Waals surface area (Å²) >= 11 is 11.9. The molecule has 1 amide bonds. The molecule has 1 heterocycles. The Labute approximate surface area is 144 Å². The molecular formula is C17H15Cl2NO3. The Kier molecular flexibility index (Phi) is 4.64. The van der Waals surface area contributed by atoms with E-state index in [-0.39, 0.29) is 18.1 Å². The number of carbonyl (C=O) groups excluding carboxylic acids is 1. The molecule has 6 heteroatoms. The van der Waals surface area contributed by atoms with Crippen LogP contribution in [0.4, 0.5) is 0 Å². The molecule has 1 N–H and O–H groups in total. The molecule has 2 atom stereocenters. The zero-order valence-electron chi connectivity index (χ0n) is 12.4. The van der Waals surface area contributed by atoms with Crippen molar-refractivity contribution in [3.8, 4) is 11.5 Å². The van der Waals surface area contributed by atoms with E-state index in [4.69, 9.17) is 32.7 Å². The molecule has 23 heavy (non-hydrogen) atoms. The third-order valence-corrected chi connectivity index (χ3v) is 4.17.